The van der Waals surface area contributed by atoms with Crippen molar-refractivity contribution < 1.29 is 9.18 Å². The molecule has 5 rings (SSSR count). The summed E-state index contributed by atoms with van der Waals surface area (Å²) in [6.45, 7) is 8.96. The second kappa shape index (κ2) is 10.3. The Morgan fingerprint density at radius 3 is 2.78 bits per heavy atom. The Balaban J connectivity index is 1.43. The van der Waals surface area contributed by atoms with E-state index in [1.165, 1.54) is 6.42 Å². The van der Waals surface area contributed by atoms with Crippen molar-refractivity contribution in [1.82, 2.24) is 30.6 Å². The zero-order chi connectivity index (χ0) is 25.2. The lowest BCUT2D eigenvalue weighted by Crippen LogP contribution is -2.41. The maximum Gasteiger partial charge on any atom is 0.270 e. The fourth-order valence-electron chi connectivity index (χ4n) is 4.96. The quantitative estimate of drug-likeness (QED) is 0.479. The molecule has 2 fully saturated rings. The number of aromatic nitrogens is 4. The van der Waals surface area contributed by atoms with Crippen LogP contribution in [0.25, 0.3) is 10.8 Å². The molecule has 0 aromatic carbocycles. The smallest absolute Gasteiger partial charge is 0.270 e. The Bertz CT molecular complexity index is 1250. The van der Waals surface area contributed by atoms with Crippen molar-refractivity contribution in [2.75, 3.05) is 36.4 Å². The van der Waals surface area contributed by atoms with Gasteiger partial charge >= 0.3 is 0 Å². The van der Waals surface area contributed by atoms with Crippen LogP contribution in [0.1, 0.15) is 55.6 Å². The summed E-state index contributed by atoms with van der Waals surface area (Å²) < 4.78 is 14.0. The zero-order valence-corrected chi connectivity index (χ0v) is 21.0. The highest BCUT2D eigenvalue weighted by molar-refractivity contribution is 6.06. The summed E-state index contributed by atoms with van der Waals surface area (Å²) in [4.78, 5) is 33.4. The summed E-state index contributed by atoms with van der Waals surface area (Å²) in [5.41, 5.74) is 1.25. The average Bonchev–Trinajstić information content (AvgIpc) is 3.27. The van der Waals surface area contributed by atoms with Gasteiger partial charge in [0.2, 0.25) is 5.95 Å². The normalized spacial score (nSPS) is 22.2. The third kappa shape index (κ3) is 5.09. The van der Waals surface area contributed by atoms with Crippen molar-refractivity contribution in [3.05, 3.63) is 42.0 Å². The number of hydrogen-bond donors (Lipinski definition) is 3. The van der Waals surface area contributed by atoms with E-state index >= 15 is 0 Å². The van der Waals surface area contributed by atoms with E-state index in [0.29, 0.717) is 35.4 Å². The molecule has 0 aliphatic carbocycles. The number of rotatable bonds is 6. The van der Waals surface area contributed by atoms with E-state index in [9.17, 15) is 9.18 Å². The van der Waals surface area contributed by atoms with Gasteiger partial charge < -0.3 is 20.9 Å². The maximum absolute atomic E-state index is 14.0. The number of carbonyl (C=O) groups is 1. The molecule has 2 aliphatic heterocycles. The Morgan fingerprint density at radius 2 is 2.03 bits per heavy atom. The number of anilines is 3. The minimum absolute atomic E-state index is 0.188. The molecular weight excluding hydrogens is 459 g/mol. The third-order valence-electron chi connectivity index (χ3n) is 6.94. The molecule has 10 heteroatoms. The molecule has 3 aromatic rings. The molecule has 3 unspecified atom stereocenters. The van der Waals surface area contributed by atoms with E-state index in [2.05, 4.69) is 56.6 Å². The molecule has 0 spiro atoms. The van der Waals surface area contributed by atoms with E-state index in [1.807, 2.05) is 12.1 Å². The lowest BCUT2D eigenvalue weighted by molar-refractivity contribution is 0.0921. The van der Waals surface area contributed by atoms with Crippen LogP contribution in [0, 0.1) is 5.92 Å². The van der Waals surface area contributed by atoms with Gasteiger partial charge in [-0.2, -0.15) is 4.98 Å². The van der Waals surface area contributed by atoms with Crippen molar-refractivity contribution >= 4 is 34.3 Å². The van der Waals surface area contributed by atoms with Gasteiger partial charge in [-0.1, -0.05) is 20.8 Å². The molecule has 0 saturated carbocycles. The van der Waals surface area contributed by atoms with Crippen molar-refractivity contribution in [3.8, 4) is 0 Å². The van der Waals surface area contributed by atoms with Crippen LogP contribution in [0.2, 0.25) is 0 Å². The number of alkyl halides is 1. The number of fused-ring (bicyclic) bond motifs is 1. The highest BCUT2D eigenvalue weighted by atomic mass is 19.1. The average molecular weight is 493 g/mol. The molecule has 5 heterocycles. The molecule has 2 saturated heterocycles. The number of halogens is 1. The summed E-state index contributed by atoms with van der Waals surface area (Å²) in [5, 5.41) is 10.5. The lowest BCUT2D eigenvalue weighted by atomic mass is 9.98. The van der Waals surface area contributed by atoms with Crippen molar-refractivity contribution in [2.45, 2.75) is 51.7 Å². The van der Waals surface area contributed by atoms with Gasteiger partial charge in [-0.25, -0.2) is 14.4 Å². The molecular formula is C26H33FN8O. The molecule has 1 amide bonds. The topological polar surface area (TPSA) is 108 Å². The number of piperidine rings is 1. The van der Waals surface area contributed by atoms with E-state index in [-0.39, 0.29) is 18.2 Å². The first kappa shape index (κ1) is 24.3. The molecule has 3 atom stereocenters. The number of carbonyl (C=O) groups excluding carboxylic acids is 1. The van der Waals surface area contributed by atoms with Crippen LogP contribution < -0.4 is 20.9 Å². The first-order valence-electron chi connectivity index (χ1n) is 12.7. The second-order valence-corrected chi connectivity index (χ2v) is 10.1. The first-order valence-corrected chi connectivity index (χ1v) is 12.7. The molecule has 3 N–H and O–H groups in total. The standard InChI is InChI=1S/C26H33FN8O/c1-15(2)18-10-31-24(25(36)32-21-13-28-12-20(21)27)19-11-30-23(9-17(18)19)33-22-6-7-29-26(34-22)35-8-4-5-16(3)14-35/h6-7,9-11,15-16,20-21,28H,4-5,8,12-14H2,1-3H3,(H,32,36)(H,29,30,33,34). The zero-order valence-electron chi connectivity index (χ0n) is 21.0. The molecule has 2 aliphatic rings. The van der Waals surface area contributed by atoms with Gasteiger partial charge in [0.05, 0.1) is 6.04 Å². The van der Waals surface area contributed by atoms with Crippen LogP contribution in [0.3, 0.4) is 0 Å². The Labute approximate surface area is 210 Å². The maximum atomic E-state index is 14.0. The lowest BCUT2D eigenvalue weighted by Gasteiger charge is -2.30. The van der Waals surface area contributed by atoms with Gasteiger partial charge in [0, 0.05) is 50.2 Å². The van der Waals surface area contributed by atoms with Gasteiger partial charge in [0.25, 0.3) is 5.91 Å². The Hall–Kier alpha value is -3.40. The van der Waals surface area contributed by atoms with Crippen molar-refractivity contribution in [2.24, 2.45) is 5.92 Å². The van der Waals surface area contributed by atoms with Gasteiger partial charge in [-0.15, -0.1) is 0 Å². The number of hydrogen-bond acceptors (Lipinski definition) is 8. The Morgan fingerprint density at radius 1 is 1.17 bits per heavy atom. The number of amides is 1. The van der Waals surface area contributed by atoms with E-state index in [1.54, 1.807) is 18.6 Å². The van der Waals surface area contributed by atoms with Crippen LogP contribution >= 0.6 is 0 Å². The minimum atomic E-state index is -1.12. The summed E-state index contributed by atoms with van der Waals surface area (Å²) in [5.74, 6) is 2.40. The van der Waals surface area contributed by atoms with Crippen LogP contribution in [0.15, 0.2) is 30.7 Å². The molecule has 190 valence electrons. The predicted octanol–water partition coefficient (Wildman–Crippen LogP) is 3.56. The van der Waals surface area contributed by atoms with E-state index in [4.69, 9.17) is 4.98 Å². The summed E-state index contributed by atoms with van der Waals surface area (Å²) in [6.07, 6.45) is 6.39. The second-order valence-electron chi connectivity index (χ2n) is 10.1. The van der Waals surface area contributed by atoms with Crippen LogP contribution in [-0.4, -0.2) is 64.2 Å². The van der Waals surface area contributed by atoms with Crippen LogP contribution in [0.5, 0.6) is 0 Å². The van der Waals surface area contributed by atoms with Crippen molar-refractivity contribution in [1.29, 1.82) is 0 Å². The highest BCUT2D eigenvalue weighted by Crippen LogP contribution is 2.29. The number of pyridine rings is 2. The predicted molar refractivity (Wildman–Crippen MR) is 139 cm³/mol. The molecule has 9 nitrogen and oxygen atoms in total. The largest absolute Gasteiger partial charge is 0.344 e. The summed E-state index contributed by atoms with van der Waals surface area (Å²) >= 11 is 0. The van der Waals surface area contributed by atoms with Gasteiger partial charge in [0.15, 0.2) is 0 Å². The number of nitrogens with one attached hydrogen (secondary N) is 3. The molecule has 0 radical (unpaired) electrons. The Kier molecular flexibility index (Phi) is 6.95. The molecule has 36 heavy (non-hydrogen) atoms. The van der Waals surface area contributed by atoms with Crippen LogP contribution in [-0.2, 0) is 0 Å². The molecule has 3 aromatic heterocycles. The van der Waals surface area contributed by atoms with E-state index < -0.39 is 18.1 Å². The highest BCUT2D eigenvalue weighted by Gasteiger charge is 2.29. The summed E-state index contributed by atoms with van der Waals surface area (Å²) in [7, 11) is 0. The SMILES string of the molecule is CC1CCCN(c2nccc(Nc3cc4c(C(C)C)cnc(C(=O)NC5CNCC5F)c4cn3)n2)C1. The van der Waals surface area contributed by atoms with E-state index in [0.717, 1.165) is 30.5 Å². The van der Waals surface area contributed by atoms with Crippen molar-refractivity contribution in [3.63, 3.8) is 0 Å². The summed E-state index contributed by atoms with van der Waals surface area (Å²) in [6, 6.07) is 3.17. The molecule has 0 bridgehead atoms. The fraction of sp³-hybridized carbons (Fsp3) is 0.500. The van der Waals surface area contributed by atoms with Gasteiger partial charge in [-0.3, -0.25) is 9.78 Å². The van der Waals surface area contributed by atoms with Crippen LogP contribution in [0.4, 0.5) is 22.0 Å². The monoisotopic (exact) mass is 492 g/mol. The fourth-order valence-corrected chi connectivity index (χ4v) is 4.96. The number of nitrogens with zero attached hydrogens (tertiary/aromatic N) is 5. The van der Waals surface area contributed by atoms with Gasteiger partial charge in [0.1, 0.15) is 23.5 Å². The first-order chi connectivity index (χ1) is 17.4. The minimum Gasteiger partial charge on any atom is -0.344 e. The third-order valence-corrected chi connectivity index (χ3v) is 6.94. The van der Waals surface area contributed by atoms with Gasteiger partial charge in [-0.05, 0) is 47.8 Å².